The summed E-state index contributed by atoms with van der Waals surface area (Å²) in [6, 6.07) is 16.1. The third kappa shape index (κ3) is 4.05. The fourth-order valence-corrected chi connectivity index (χ4v) is 3.80. The van der Waals surface area contributed by atoms with Gasteiger partial charge in [0.15, 0.2) is 10.9 Å². The van der Waals surface area contributed by atoms with E-state index in [1.807, 2.05) is 25.1 Å². The van der Waals surface area contributed by atoms with Crippen molar-refractivity contribution in [2.45, 2.75) is 13.8 Å². The van der Waals surface area contributed by atoms with Crippen molar-refractivity contribution in [3.8, 4) is 11.3 Å². The number of aromatic nitrogens is 1. The quantitative estimate of drug-likeness (QED) is 0.455. The molecule has 1 amide bonds. The van der Waals surface area contributed by atoms with Gasteiger partial charge in [0, 0.05) is 5.56 Å². The van der Waals surface area contributed by atoms with Gasteiger partial charge in [0.05, 0.1) is 22.4 Å². The predicted molar refractivity (Wildman–Crippen MR) is 112 cm³/mol. The normalized spacial score (nSPS) is 10.8. The minimum atomic E-state index is -0.371. The molecular formula is C22H18N2O4S. The number of hydrogen-bond acceptors (Lipinski definition) is 6. The van der Waals surface area contributed by atoms with Crippen molar-refractivity contribution < 1.29 is 18.7 Å². The first kappa shape index (κ1) is 18.9. The van der Waals surface area contributed by atoms with Crippen molar-refractivity contribution >= 4 is 38.6 Å². The summed E-state index contributed by atoms with van der Waals surface area (Å²) < 4.78 is 11.7. The topological polar surface area (TPSA) is 81.4 Å². The Bertz CT molecular complexity index is 1190. The summed E-state index contributed by atoms with van der Waals surface area (Å²) >= 11 is 1.42. The molecule has 146 valence electrons. The van der Waals surface area contributed by atoms with Gasteiger partial charge >= 0.3 is 5.97 Å². The molecule has 0 unspecified atom stereocenters. The van der Waals surface area contributed by atoms with Crippen molar-refractivity contribution in [2.24, 2.45) is 0 Å². The molecule has 0 aliphatic carbocycles. The Morgan fingerprint density at radius 2 is 1.90 bits per heavy atom. The Morgan fingerprint density at radius 1 is 1.10 bits per heavy atom. The van der Waals surface area contributed by atoms with Crippen LogP contribution in [0.3, 0.4) is 0 Å². The molecule has 6 nitrogen and oxygen atoms in total. The highest BCUT2D eigenvalue weighted by Gasteiger charge is 2.15. The number of thiazole rings is 1. The number of rotatable bonds is 5. The van der Waals surface area contributed by atoms with Gasteiger partial charge in [-0.1, -0.05) is 29.5 Å². The van der Waals surface area contributed by atoms with Crippen LogP contribution in [0.15, 0.2) is 59.0 Å². The van der Waals surface area contributed by atoms with Crippen LogP contribution in [0.1, 0.15) is 33.4 Å². The number of anilines is 1. The fraction of sp³-hybridized carbons (Fsp3) is 0.136. The number of nitrogens with one attached hydrogen (secondary N) is 1. The monoisotopic (exact) mass is 406 g/mol. The second kappa shape index (κ2) is 7.89. The fourth-order valence-electron chi connectivity index (χ4n) is 2.84. The summed E-state index contributed by atoms with van der Waals surface area (Å²) in [6.45, 7) is 4.10. The van der Waals surface area contributed by atoms with Crippen LogP contribution in [0.25, 0.3) is 21.5 Å². The summed E-state index contributed by atoms with van der Waals surface area (Å²) in [5.41, 5.74) is 3.21. The number of nitrogens with zero attached hydrogens (tertiary/aromatic N) is 1. The van der Waals surface area contributed by atoms with E-state index in [0.29, 0.717) is 23.1 Å². The van der Waals surface area contributed by atoms with E-state index in [1.165, 1.54) is 11.3 Å². The van der Waals surface area contributed by atoms with Gasteiger partial charge in [0.2, 0.25) is 0 Å². The molecule has 0 bridgehead atoms. The minimum Gasteiger partial charge on any atom is -0.462 e. The Morgan fingerprint density at radius 3 is 2.66 bits per heavy atom. The summed E-state index contributed by atoms with van der Waals surface area (Å²) in [7, 11) is 0. The van der Waals surface area contributed by atoms with Crippen LogP contribution < -0.4 is 5.32 Å². The van der Waals surface area contributed by atoms with Crippen LogP contribution in [0, 0.1) is 6.92 Å². The molecule has 7 heteroatoms. The van der Waals surface area contributed by atoms with Crippen molar-refractivity contribution in [1.82, 2.24) is 4.98 Å². The lowest BCUT2D eigenvalue weighted by Gasteiger charge is -2.02. The van der Waals surface area contributed by atoms with Gasteiger partial charge in [-0.25, -0.2) is 9.78 Å². The molecule has 2 aromatic heterocycles. The highest BCUT2D eigenvalue weighted by atomic mass is 32.1. The van der Waals surface area contributed by atoms with E-state index in [2.05, 4.69) is 10.3 Å². The molecule has 0 radical (unpaired) electrons. The second-order valence-corrected chi connectivity index (χ2v) is 7.44. The SMILES string of the molecule is CCOC(=O)c1ccc(-c2ccc(C(=O)Nc3nc4ccc(C)cc4s3)o2)cc1. The van der Waals surface area contributed by atoms with Crippen LogP contribution in [0.5, 0.6) is 0 Å². The zero-order valence-electron chi connectivity index (χ0n) is 15.9. The van der Waals surface area contributed by atoms with E-state index in [-0.39, 0.29) is 17.6 Å². The van der Waals surface area contributed by atoms with E-state index < -0.39 is 0 Å². The largest absolute Gasteiger partial charge is 0.462 e. The number of esters is 1. The molecule has 4 rings (SSSR count). The second-order valence-electron chi connectivity index (χ2n) is 6.41. The van der Waals surface area contributed by atoms with Gasteiger partial charge in [0.1, 0.15) is 5.76 Å². The first-order valence-electron chi connectivity index (χ1n) is 9.09. The third-order valence-electron chi connectivity index (χ3n) is 4.27. The lowest BCUT2D eigenvalue weighted by molar-refractivity contribution is 0.0526. The molecule has 4 aromatic rings. The summed E-state index contributed by atoms with van der Waals surface area (Å²) in [6.07, 6.45) is 0. The molecule has 1 N–H and O–H groups in total. The van der Waals surface area contributed by atoms with E-state index in [4.69, 9.17) is 9.15 Å². The van der Waals surface area contributed by atoms with Gasteiger partial charge < -0.3 is 9.15 Å². The standard InChI is InChI=1S/C22H18N2O4S/c1-3-27-21(26)15-7-5-14(6-8-15)17-10-11-18(28-17)20(25)24-22-23-16-9-4-13(2)12-19(16)29-22/h4-12H,3H2,1-2H3,(H,23,24,25). The first-order chi connectivity index (χ1) is 14.0. The van der Waals surface area contributed by atoms with E-state index >= 15 is 0 Å². The number of amides is 1. The average Bonchev–Trinajstić information content (AvgIpc) is 3.35. The van der Waals surface area contributed by atoms with Crippen molar-refractivity contribution in [2.75, 3.05) is 11.9 Å². The van der Waals surface area contributed by atoms with E-state index in [0.717, 1.165) is 21.3 Å². The Balaban J connectivity index is 1.49. The molecule has 0 aliphatic heterocycles. The molecule has 0 fully saturated rings. The number of furan rings is 1. The molecule has 29 heavy (non-hydrogen) atoms. The van der Waals surface area contributed by atoms with Gasteiger partial charge in [0.25, 0.3) is 5.91 Å². The number of ether oxygens (including phenoxy) is 1. The molecule has 2 aromatic carbocycles. The Kier molecular flexibility index (Phi) is 5.14. The molecule has 0 aliphatic rings. The van der Waals surface area contributed by atoms with E-state index in [1.54, 1.807) is 43.3 Å². The minimum absolute atomic E-state index is 0.185. The summed E-state index contributed by atoms with van der Waals surface area (Å²) in [5, 5.41) is 3.30. The summed E-state index contributed by atoms with van der Waals surface area (Å²) in [5.74, 6) is -0.0184. The van der Waals surface area contributed by atoms with Gasteiger partial charge in [-0.2, -0.15) is 0 Å². The van der Waals surface area contributed by atoms with Crippen molar-refractivity contribution in [3.63, 3.8) is 0 Å². The van der Waals surface area contributed by atoms with Gasteiger partial charge in [-0.3, -0.25) is 10.1 Å². The Labute approximate surface area is 171 Å². The molecule has 0 atom stereocenters. The van der Waals surface area contributed by atoms with Crippen molar-refractivity contribution in [3.05, 3.63) is 71.5 Å². The maximum atomic E-state index is 12.5. The van der Waals surface area contributed by atoms with Crippen LogP contribution in [0.2, 0.25) is 0 Å². The highest BCUT2D eigenvalue weighted by molar-refractivity contribution is 7.22. The zero-order valence-corrected chi connectivity index (χ0v) is 16.7. The number of hydrogen-bond donors (Lipinski definition) is 1. The summed E-state index contributed by atoms with van der Waals surface area (Å²) in [4.78, 5) is 28.7. The number of aryl methyl sites for hydroxylation is 1. The van der Waals surface area contributed by atoms with Crippen molar-refractivity contribution in [1.29, 1.82) is 0 Å². The zero-order chi connectivity index (χ0) is 20.4. The Hall–Kier alpha value is -3.45. The van der Waals surface area contributed by atoms with Gasteiger partial charge in [-0.05, 0) is 55.8 Å². The molecule has 0 saturated heterocycles. The number of benzene rings is 2. The van der Waals surface area contributed by atoms with E-state index in [9.17, 15) is 9.59 Å². The highest BCUT2D eigenvalue weighted by Crippen LogP contribution is 2.28. The third-order valence-corrected chi connectivity index (χ3v) is 5.21. The molecular weight excluding hydrogens is 388 g/mol. The molecule has 0 spiro atoms. The maximum Gasteiger partial charge on any atom is 0.338 e. The first-order valence-corrected chi connectivity index (χ1v) is 9.91. The van der Waals surface area contributed by atoms with Crippen LogP contribution >= 0.6 is 11.3 Å². The number of carbonyl (C=O) groups excluding carboxylic acids is 2. The smallest absolute Gasteiger partial charge is 0.338 e. The number of carbonyl (C=O) groups is 2. The molecule has 0 saturated carbocycles. The average molecular weight is 406 g/mol. The maximum absolute atomic E-state index is 12.5. The molecule has 2 heterocycles. The predicted octanol–water partition coefficient (Wildman–Crippen LogP) is 5.29. The van der Waals surface area contributed by atoms with Crippen LogP contribution in [0.4, 0.5) is 5.13 Å². The van der Waals surface area contributed by atoms with Gasteiger partial charge in [-0.15, -0.1) is 0 Å². The van der Waals surface area contributed by atoms with Crippen LogP contribution in [-0.2, 0) is 4.74 Å². The lowest BCUT2D eigenvalue weighted by Crippen LogP contribution is -2.10. The lowest BCUT2D eigenvalue weighted by atomic mass is 10.1. The number of fused-ring (bicyclic) bond motifs is 1. The van der Waals surface area contributed by atoms with Crippen LogP contribution in [-0.4, -0.2) is 23.5 Å².